The molecule has 0 saturated carbocycles. The molecular formula is C9H13FO3. The number of hydrogen-bond acceptors (Lipinski definition) is 3. The molecule has 0 atom stereocenters. The smallest absolute Gasteiger partial charge is 0.335 e. The zero-order valence-electron chi connectivity index (χ0n) is 7.42. The average molecular weight is 188 g/mol. The Balaban J connectivity index is 3.50. The molecule has 0 aromatic heterocycles. The molecular weight excluding hydrogens is 175 g/mol. The molecule has 0 fully saturated rings. The van der Waals surface area contributed by atoms with Crippen LogP contribution in [0.5, 0.6) is 0 Å². The first-order chi connectivity index (χ1) is 6.22. The van der Waals surface area contributed by atoms with Crippen LogP contribution in [0.2, 0.25) is 0 Å². The van der Waals surface area contributed by atoms with Crippen molar-refractivity contribution in [3.63, 3.8) is 0 Å². The van der Waals surface area contributed by atoms with Crippen LogP contribution in [0, 0.1) is 0 Å². The lowest BCUT2D eigenvalue weighted by Gasteiger charge is -2.04. The Morgan fingerprint density at radius 3 is 2.77 bits per heavy atom. The first-order valence-electron chi connectivity index (χ1n) is 3.82. The van der Waals surface area contributed by atoms with Gasteiger partial charge in [-0.15, -0.1) is 6.58 Å². The van der Waals surface area contributed by atoms with Gasteiger partial charge in [0, 0.05) is 12.0 Å². The van der Waals surface area contributed by atoms with E-state index in [1.165, 1.54) is 6.08 Å². The van der Waals surface area contributed by atoms with Gasteiger partial charge in [0.2, 0.25) is 0 Å². The highest BCUT2D eigenvalue weighted by molar-refractivity contribution is 5.87. The number of carbonyl (C=O) groups excluding carboxylic acids is 1. The molecule has 0 spiro atoms. The number of halogens is 1. The molecule has 0 aliphatic heterocycles. The molecule has 0 bridgehead atoms. The minimum absolute atomic E-state index is 0.000289. The number of carbonyl (C=O) groups is 1. The summed E-state index contributed by atoms with van der Waals surface area (Å²) < 4.78 is 21.1. The van der Waals surface area contributed by atoms with Crippen molar-refractivity contribution in [2.24, 2.45) is 0 Å². The zero-order valence-corrected chi connectivity index (χ0v) is 7.42. The van der Waals surface area contributed by atoms with Gasteiger partial charge < -0.3 is 9.47 Å². The molecule has 0 N–H and O–H groups in total. The molecule has 0 rings (SSSR count). The zero-order chi connectivity index (χ0) is 10.1. The molecule has 0 aliphatic carbocycles. The molecule has 0 saturated heterocycles. The van der Waals surface area contributed by atoms with Crippen molar-refractivity contribution in [2.45, 2.75) is 6.42 Å². The summed E-state index contributed by atoms with van der Waals surface area (Å²) in [5, 5.41) is 0. The molecule has 13 heavy (non-hydrogen) atoms. The third-order valence-electron chi connectivity index (χ3n) is 1.19. The van der Waals surface area contributed by atoms with Gasteiger partial charge in [-0.3, -0.25) is 4.39 Å². The lowest BCUT2D eigenvalue weighted by atomic mass is 10.2. The van der Waals surface area contributed by atoms with E-state index >= 15 is 0 Å². The Morgan fingerprint density at radius 1 is 1.54 bits per heavy atom. The predicted octanol–water partition coefficient (Wildman–Crippen LogP) is 1.61. The molecule has 0 amide bonds. The van der Waals surface area contributed by atoms with Crippen LogP contribution in [-0.2, 0) is 14.3 Å². The minimum atomic E-state index is -0.623. The summed E-state index contributed by atoms with van der Waals surface area (Å²) in [4.78, 5) is 10.9. The molecule has 0 aliphatic rings. The van der Waals surface area contributed by atoms with Crippen molar-refractivity contribution < 1.29 is 18.7 Å². The SMILES string of the molecule is C=CCOCOC(=O)C(=C)CCF. The van der Waals surface area contributed by atoms with Gasteiger partial charge in [0.1, 0.15) is 0 Å². The molecule has 0 unspecified atom stereocenters. The fourth-order valence-electron chi connectivity index (χ4n) is 0.545. The van der Waals surface area contributed by atoms with Crippen LogP contribution in [0.15, 0.2) is 24.8 Å². The molecule has 0 aromatic carbocycles. The quantitative estimate of drug-likeness (QED) is 0.200. The predicted molar refractivity (Wildman–Crippen MR) is 46.8 cm³/mol. The Hall–Kier alpha value is -1.16. The third-order valence-corrected chi connectivity index (χ3v) is 1.19. The lowest BCUT2D eigenvalue weighted by molar-refractivity contribution is -0.150. The molecule has 3 nitrogen and oxygen atoms in total. The van der Waals surface area contributed by atoms with Crippen LogP contribution in [0.1, 0.15) is 6.42 Å². The molecule has 0 radical (unpaired) electrons. The van der Waals surface area contributed by atoms with Crippen LogP contribution < -0.4 is 0 Å². The number of ether oxygens (including phenoxy) is 2. The lowest BCUT2D eigenvalue weighted by Crippen LogP contribution is -2.10. The van der Waals surface area contributed by atoms with Gasteiger partial charge in [0.05, 0.1) is 13.3 Å². The van der Waals surface area contributed by atoms with E-state index in [0.717, 1.165) is 0 Å². The Labute approximate surface area is 76.8 Å². The normalized spacial score (nSPS) is 9.31. The van der Waals surface area contributed by atoms with E-state index in [1.807, 2.05) is 0 Å². The molecule has 4 heteroatoms. The number of esters is 1. The van der Waals surface area contributed by atoms with Crippen molar-refractivity contribution in [2.75, 3.05) is 20.1 Å². The topological polar surface area (TPSA) is 35.5 Å². The highest BCUT2D eigenvalue weighted by atomic mass is 19.1. The Bertz CT molecular complexity index is 189. The second-order valence-corrected chi connectivity index (χ2v) is 2.25. The van der Waals surface area contributed by atoms with Crippen LogP contribution in [0.25, 0.3) is 0 Å². The highest BCUT2D eigenvalue weighted by Crippen LogP contribution is 2.00. The summed E-state index contributed by atoms with van der Waals surface area (Å²) in [5.41, 5.74) is 0.115. The monoisotopic (exact) mass is 188 g/mol. The molecule has 0 aromatic rings. The summed E-state index contributed by atoms with van der Waals surface area (Å²) in [7, 11) is 0. The van der Waals surface area contributed by atoms with E-state index in [1.54, 1.807) is 0 Å². The molecule has 74 valence electrons. The highest BCUT2D eigenvalue weighted by Gasteiger charge is 2.07. The van der Waals surface area contributed by atoms with Crippen LogP contribution in [0.3, 0.4) is 0 Å². The van der Waals surface area contributed by atoms with E-state index in [0.29, 0.717) is 6.61 Å². The summed E-state index contributed by atoms with van der Waals surface area (Å²) in [6, 6.07) is 0. The van der Waals surface area contributed by atoms with E-state index in [9.17, 15) is 9.18 Å². The maximum Gasteiger partial charge on any atom is 0.335 e. The minimum Gasteiger partial charge on any atom is -0.435 e. The van der Waals surface area contributed by atoms with Crippen molar-refractivity contribution in [1.29, 1.82) is 0 Å². The maximum atomic E-state index is 11.7. The second-order valence-electron chi connectivity index (χ2n) is 2.25. The van der Waals surface area contributed by atoms with Crippen LogP contribution >= 0.6 is 0 Å². The van der Waals surface area contributed by atoms with Gasteiger partial charge in [0.25, 0.3) is 0 Å². The number of hydrogen-bond donors (Lipinski definition) is 0. The average Bonchev–Trinajstić information content (AvgIpc) is 2.12. The van der Waals surface area contributed by atoms with E-state index < -0.39 is 12.6 Å². The van der Waals surface area contributed by atoms with Crippen LogP contribution in [-0.4, -0.2) is 26.0 Å². The van der Waals surface area contributed by atoms with Gasteiger partial charge in [-0.2, -0.15) is 0 Å². The van der Waals surface area contributed by atoms with Crippen molar-refractivity contribution in [3.05, 3.63) is 24.8 Å². The summed E-state index contributed by atoms with van der Waals surface area (Å²) in [6.45, 7) is 6.30. The van der Waals surface area contributed by atoms with Gasteiger partial charge in [-0.05, 0) is 0 Å². The largest absolute Gasteiger partial charge is 0.435 e. The van der Waals surface area contributed by atoms with Gasteiger partial charge in [-0.1, -0.05) is 12.7 Å². The first kappa shape index (κ1) is 11.8. The molecule has 0 heterocycles. The van der Waals surface area contributed by atoms with Crippen LogP contribution in [0.4, 0.5) is 4.39 Å². The second kappa shape index (κ2) is 7.49. The van der Waals surface area contributed by atoms with Crippen molar-refractivity contribution >= 4 is 5.97 Å². The first-order valence-corrected chi connectivity index (χ1v) is 3.82. The summed E-state index contributed by atoms with van der Waals surface area (Å²) in [5.74, 6) is -0.623. The Morgan fingerprint density at radius 2 is 2.23 bits per heavy atom. The number of alkyl halides is 1. The number of rotatable bonds is 7. The van der Waals surface area contributed by atoms with E-state index in [-0.39, 0.29) is 18.8 Å². The maximum absolute atomic E-state index is 11.7. The third kappa shape index (κ3) is 6.04. The van der Waals surface area contributed by atoms with E-state index in [2.05, 4.69) is 17.9 Å². The van der Waals surface area contributed by atoms with Crippen molar-refractivity contribution in [3.8, 4) is 0 Å². The standard InChI is InChI=1S/C9H13FO3/c1-3-6-12-7-13-9(11)8(2)4-5-10/h3H,1-2,4-7H2. The van der Waals surface area contributed by atoms with Gasteiger partial charge >= 0.3 is 5.97 Å². The fraction of sp³-hybridized carbons (Fsp3) is 0.444. The van der Waals surface area contributed by atoms with Gasteiger partial charge in [-0.25, -0.2) is 4.79 Å². The fourth-order valence-corrected chi connectivity index (χ4v) is 0.545. The van der Waals surface area contributed by atoms with Gasteiger partial charge in [0.15, 0.2) is 6.79 Å². The Kier molecular flexibility index (Phi) is 6.82. The van der Waals surface area contributed by atoms with Crippen molar-refractivity contribution in [1.82, 2.24) is 0 Å². The summed E-state index contributed by atoms with van der Waals surface area (Å²) in [6.07, 6.45) is 1.53. The summed E-state index contributed by atoms with van der Waals surface area (Å²) >= 11 is 0. The van der Waals surface area contributed by atoms with E-state index in [4.69, 9.17) is 4.74 Å².